The number of aryl methyl sites for hydroxylation is 1. The molecule has 1 aliphatic carbocycles. The van der Waals surface area contributed by atoms with Crippen LogP contribution in [-0.2, 0) is 16.0 Å². The molecule has 1 aromatic rings. The van der Waals surface area contributed by atoms with Crippen LogP contribution in [0.1, 0.15) is 37.7 Å². The second kappa shape index (κ2) is 8.48. The van der Waals surface area contributed by atoms with Gasteiger partial charge in [-0.1, -0.05) is 30.3 Å². The molecule has 2 heterocycles. The van der Waals surface area contributed by atoms with Gasteiger partial charge in [0.1, 0.15) is 0 Å². The summed E-state index contributed by atoms with van der Waals surface area (Å²) in [5.74, 6) is 0.474. The fourth-order valence-electron chi connectivity index (χ4n) is 4.49. The average molecular weight is 358 g/mol. The molecule has 3 fully saturated rings. The van der Waals surface area contributed by atoms with Crippen molar-refractivity contribution >= 4 is 5.91 Å². The highest BCUT2D eigenvalue weighted by molar-refractivity contribution is 5.79. The molecular formula is C20H30N4O2. The zero-order chi connectivity index (χ0) is 17.8. The molecule has 6 nitrogen and oxygen atoms in total. The van der Waals surface area contributed by atoms with E-state index < -0.39 is 0 Å². The smallest absolute Gasteiger partial charge is 0.225 e. The molecule has 6 heteroatoms. The van der Waals surface area contributed by atoms with Gasteiger partial charge in [0.05, 0.1) is 12.7 Å². The Morgan fingerprint density at radius 1 is 1.15 bits per heavy atom. The highest BCUT2D eigenvalue weighted by Gasteiger charge is 2.38. The molecule has 2 saturated heterocycles. The van der Waals surface area contributed by atoms with Gasteiger partial charge >= 0.3 is 0 Å². The predicted molar refractivity (Wildman–Crippen MR) is 100 cm³/mol. The van der Waals surface area contributed by atoms with Gasteiger partial charge in [0, 0.05) is 31.1 Å². The van der Waals surface area contributed by atoms with Gasteiger partial charge in [0.2, 0.25) is 5.91 Å². The molecule has 4 unspecified atom stereocenters. The number of carbonyl (C=O) groups excluding carboxylic acids is 1. The van der Waals surface area contributed by atoms with Crippen molar-refractivity contribution in [3.63, 3.8) is 0 Å². The minimum Gasteiger partial charge on any atom is -0.375 e. The fraction of sp³-hybridized carbons (Fsp3) is 0.650. The van der Waals surface area contributed by atoms with Crippen LogP contribution >= 0.6 is 0 Å². The van der Waals surface area contributed by atoms with E-state index in [1.54, 1.807) is 0 Å². The Kier molecular flexibility index (Phi) is 5.84. The lowest BCUT2D eigenvalue weighted by molar-refractivity contribution is -0.144. The van der Waals surface area contributed by atoms with Gasteiger partial charge in [-0.25, -0.2) is 10.9 Å². The summed E-state index contributed by atoms with van der Waals surface area (Å²) in [6.07, 6.45) is 6.32. The van der Waals surface area contributed by atoms with E-state index in [1.165, 1.54) is 5.56 Å². The number of hydrazine groups is 2. The molecule has 0 bridgehead atoms. The van der Waals surface area contributed by atoms with E-state index in [-0.39, 0.29) is 12.0 Å². The Labute approximate surface area is 155 Å². The lowest BCUT2D eigenvalue weighted by atomic mass is 9.82. The lowest BCUT2D eigenvalue weighted by Crippen LogP contribution is -2.50. The maximum absolute atomic E-state index is 13.0. The van der Waals surface area contributed by atoms with Crippen LogP contribution in [0.5, 0.6) is 0 Å². The first-order chi connectivity index (χ1) is 12.8. The van der Waals surface area contributed by atoms with Crippen LogP contribution in [-0.4, -0.2) is 48.7 Å². The second-order valence-electron chi connectivity index (χ2n) is 7.79. The molecule has 4 atom stereocenters. The van der Waals surface area contributed by atoms with Crippen LogP contribution in [0.25, 0.3) is 0 Å². The zero-order valence-electron chi connectivity index (χ0n) is 15.3. The van der Waals surface area contributed by atoms with Crippen molar-refractivity contribution in [2.75, 3.05) is 19.7 Å². The normalized spacial score (nSPS) is 31.6. The number of rotatable bonds is 5. The Hall–Kier alpha value is -1.47. The number of carbonyl (C=O) groups is 1. The number of hydrogen-bond acceptors (Lipinski definition) is 5. The summed E-state index contributed by atoms with van der Waals surface area (Å²) >= 11 is 0. The van der Waals surface area contributed by atoms with Gasteiger partial charge in [0.25, 0.3) is 0 Å². The number of amides is 1. The molecule has 1 aromatic carbocycles. The summed E-state index contributed by atoms with van der Waals surface area (Å²) < 4.78 is 5.93. The summed E-state index contributed by atoms with van der Waals surface area (Å²) in [4.78, 5) is 15.0. The Bertz CT molecular complexity index is 597. The molecule has 26 heavy (non-hydrogen) atoms. The third-order valence-electron chi connectivity index (χ3n) is 6.00. The van der Waals surface area contributed by atoms with E-state index in [9.17, 15) is 4.79 Å². The third kappa shape index (κ3) is 4.26. The van der Waals surface area contributed by atoms with Crippen molar-refractivity contribution in [1.82, 2.24) is 21.3 Å². The Morgan fingerprint density at radius 3 is 2.88 bits per heavy atom. The topological polar surface area (TPSA) is 65.6 Å². The molecule has 0 spiro atoms. The number of fused-ring (bicyclic) bond motifs is 1. The van der Waals surface area contributed by atoms with Gasteiger partial charge in [-0.05, 0) is 44.1 Å². The van der Waals surface area contributed by atoms with Gasteiger partial charge in [-0.15, -0.1) is 0 Å². The monoisotopic (exact) mass is 358 g/mol. The molecule has 2 aliphatic heterocycles. The Balaban J connectivity index is 1.24. The van der Waals surface area contributed by atoms with Crippen LogP contribution < -0.4 is 16.4 Å². The zero-order valence-corrected chi connectivity index (χ0v) is 15.3. The molecule has 0 aromatic heterocycles. The van der Waals surface area contributed by atoms with E-state index in [0.29, 0.717) is 24.6 Å². The first kappa shape index (κ1) is 17.9. The minimum absolute atomic E-state index is 0.147. The maximum Gasteiger partial charge on any atom is 0.225 e. The molecule has 4 rings (SSSR count). The first-order valence-electron chi connectivity index (χ1n) is 10.00. The second-order valence-corrected chi connectivity index (χ2v) is 7.79. The van der Waals surface area contributed by atoms with Crippen molar-refractivity contribution in [3.8, 4) is 0 Å². The molecule has 3 aliphatic rings. The van der Waals surface area contributed by atoms with Crippen molar-refractivity contribution in [1.29, 1.82) is 0 Å². The summed E-state index contributed by atoms with van der Waals surface area (Å²) in [5, 5.41) is 0. The summed E-state index contributed by atoms with van der Waals surface area (Å²) in [6, 6.07) is 11.4. The van der Waals surface area contributed by atoms with E-state index in [4.69, 9.17) is 4.74 Å². The number of morpholine rings is 1. The first-order valence-corrected chi connectivity index (χ1v) is 10.00. The molecule has 142 valence electrons. The minimum atomic E-state index is 0.147. The number of nitrogens with zero attached hydrogens (tertiary/aromatic N) is 1. The fourth-order valence-corrected chi connectivity index (χ4v) is 4.49. The number of benzene rings is 1. The van der Waals surface area contributed by atoms with Crippen LogP contribution in [0.15, 0.2) is 30.3 Å². The number of nitrogens with one attached hydrogen (secondary N) is 3. The van der Waals surface area contributed by atoms with Crippen LogP contribution in [0.3, 0.4) is 0 Å². The van der Waals surface area contributed by atoms with Crippen LogP contribution in [0.2, 0.25) is 0 Å². The highest BCUT2D eigenvalue weighted by Crippen LogP contribution is 2.28. The van der Waals surface area contributed by atoms with Crippen LogP contribution in [0, 0.1) is 5.92 Å². The van der Waals surface area contributed by atoms with Gasteiger partial charge in [-0.3, -0.25) is 4.79 Å². The molecule has 1 saturated carbocycles. The maximum atomic E-state index is 13.0. The van der Waals surface area contributed by atoms with E-state index in [0.717, 1.165) is 51.6 Å². The van der Waals surface area contributed by atoms with Crippen molar-refractivity contribution in [2.24, 2.45) is 5.92 Å². The van der Waals surface area contributed by atoms with Crippen LogP contribution in [0.4, 0.5) is 0 Å². The molecule has 0 radical (unpaired) electrons. The van der Waals surface area contributed by atoms with Crippen molar-refractivity contribution in [3.05, 3.63) is 35.9 Å². The number of hydrogen-bond donors (Lipinski definition) is 3. The number of ether oxygens (including phenoxy) is 1. The molecule has 3 N–H and O–H groups in total. The molecule has 1 amide bonds. The predicted octanol–water partition coefficient (Wildman–Crippen LogP) is 1.39. The largest absolute Gasteiger partial charge is 0.375 e. The Morgan fingerprint density at radius 2 is 2.00 bits per heavy atom. The summed E-state index contributed by atoms with van der Waals surface area (Å²) in [6.45, 7) is 2.16. The average Bonchev–Trinajstić information content (AvgIpc) is 3.16. The standard InChI is InChI=1S/C20H30N4O2/c25-20(16-9-10-18-19(13-16)22-23-21-18)24-11-12-26-17(14-24)8-4-7-15-5-2-1-3-6-15/h1-3,5-6,16-19,21-23H,4,7-14H2. The van der Waals surface area contributed by atoms with Gasteiger partial charge < -0.3 is 9.64 Å². The van der Waals surface area contributed by atoms with E-state index >= 15 is 0 Å². The quantitative estimate of drug-likeness (QED) is 0.742. The summed E-state index contributed by atoms with van der Waals surface area (Å²) in [5.41, 5.74) is 10.9. The van der Waals surface area contributed by atoms with Crippen molar-refractivity contribution < 1.29 is 9.53 Å². The van der Waals surface area contributed by atoms with Crippen molar-refractivity contribution in [2.45, 2.75) is 56.7 Å². The highest BCUT2D eigenvalue weighted by atomic mass is 16.5. The van der Waals surface area contributed by atoms with Gasteiger partial charge in [-0.2, -0.15) is 5.53 Å². The lowest BCUT2D eigenvalue weighted by Gasteiger charge is -2.37. The molecular weight excluding hydrogens is 328 g/mol. The third-order valence-corrected chi connectivity index (χ3v) is 6.00. The SMILES string of the molecule is O=C(C1CCC2NNNC2C1)N1CCOC(CCCc2ccccc2)C1. The summed E-state index contributed by atoms with van der Waals surface area (Å²) in [7, 11) is 0. The van der Waals surface area contributed by atoms with E-state index in [1.807, 2.05) is 0 Å². The van der Waals surface area contributed by atoms with E-state index in [2.05, 4.69) is 51.6 Å². The van der Waals surface area contributed by atoms with Gasteiger partial charge in [0.15, 0.2) is 0 Å².